The van der Waals surface area contributed by atoms with E-state index in [0.29, 0.717) is 31.8 Å². The molecule has 0 N–H and O–H groups in total. The fourth-order valence-electron chi connectivity index (χ4n) is 2.34. The zero-order valence-corrected chi connectivity index (χ0v) is 12.2. The molecule has 0 saturated heterocycles. The minimum atomic E-state index is -0.179. The van der Waals surface area contributed by atoms with E-state index in [9.17, 15) is 9.59 Å². The van der Waals surface area contributed by atoms with E-state index < -0.39 is 0 Å². The Morgan fingerprint density at radius 2 is 2.16 bits per heavy atom. The summed E-state index contributed by atoms with van der Waals surface area (Å²) in [5.74, 6) is 6.51. The smallest absolute Gasteiger partial charge is 0.306 e. The minimum Gasteiger partial charge on any atom is -0.465 e. The number of carbonyl (C=O) groups is 2. The lowest BCUT2D eigenvalue weighted by Crippen LogP contribution is -2.19. The molecule has 0 spiro atoms. The third-order valence-corrected chi connectivity index (χ3v) is 3.37. The van der Waals surface area contributed by atoms with Crippen LogP contribution in [0.2, 0.25) is 0 Å². The summed E-state index contributed by atoms with van der Waals surface area (Å²) >= 11 is 0. The van der Waals surface area contributed by atoms with Crippen LogP contribution < -0.4 is 0 Å². The minimum absolute atomic E-state index is 0.0642. The van der Waals surface area contributed by atoms with E-state index in [1.165, 1.54) is 0 Å². The van der Waals surface area contributed by atoms with Gasteiger partial charge in [-0.05, 0) is 18.3 Å². The molecular weight excluding hydrogens is 240 g/mol. The number of carbonyl (C=O) groups excluding carboxylic acids is 2. The zero-order chi connectivity index (χ0) is 14.3. The fourth-order valence-corrected chi connectivity index (χ4v) is 2.34. The Hall–Kier alpha value is -1.30. The highest BCUT2D eigenvalue weighted by Crippen LogP contribution is 2.33. The molecule has 2 unspecified atom stereocenters. The van der Waals surface area contributed by atoms with Gasteiger partial charge in [-0.2, -0.15) is 0 Å². The number of rotatable bonds is 5. The van der Waals surface area contributed by atoms with Crippen LogP contribution in [-0.2, 0) is 14.3 Å². The molecule has 0 amide bonds. The highest BCUT2D eigenvalue weighted by Gasteiger charge is 2.35. The van der Waals surface area contributed by atoms with Crippen molar-refractivity contribution in [3.05, 3.63) is 0 Å². The molecule has 0 heterocycles. The van der Waals surface area contributed by atoms with Gasteiger partial charge >= 0.3 is 5.97 Å². The Morgan fingerprint density at radius 3 is 2.79 bits per heavy atom. The van der Waals surface area contributed by atoms with Gasteiger partial charge in [0, 0.05) is 31.6 Å². The van der Waals surface area contributed by atoms with Crippen LogP contribution in [0.4, 0.5) is 0 Å². The van der Waals surface area contributed by atoms with Crippen molar-refractivity contribution in [3.8, 4) is 11.8 Å². The average molecular weight is 264 g/mol. The van der Waals surface area contributed by atoms with Gasteiger partial charge < -0.3 is 4.74 Å². The summed E-state index contributed by atoms with van der Waals surface area (Å²) in [4.78, 5) is 23.5. The van der Waals surface area contributed by atoms with Crippen molar-refractivity contribution in [2.24, 2.45) is 17.8 Å². The molecule has 3 nitrogen and oxygen atoms in total. The molecule has 106 valence electrons. The van der Waals surface area contributed by atoms with E-state index in [-0.39, 0.29) is 23.6 Å². The van der Waals surface area contributed by atoms with Gasteiger partial charge in [0.15, 0.2) is 0 Å². The number of hydrogen-bond acceptors (Lipinski definition) is 3. The summed E-state index contributed by atoms with van der Waals surface area (Å²) in [5, 5.41) is 0. The van der Waals surface area contributed by atoms with Crippen molar-refractivity contribution in [3.63, 3.8) is 0 Å². The predicted molar refractivity (Wildman–Crippen MR) is 74.3 cm³/mol. The standard InChI is InChI=1S/C16H24O3/c1-4-5-6-7-14-13(8-9-15(14)17)10-16(18)19-11-12(2)3/h12-14H,4,7-11H2,1-3H3. The Balaban J connectivity index is 2.46. The first-order valence-electron chi connectivity index (χ1n) is 7.18. The van der Waals surface area contributed by atoms with Crippen molar-refractivity contribution < 1.29 is 14.3 Å². The molecule has 0 aliphatic heterocycles. The SMILES string of the molecule is CCC#CCC1C(=O)CCC1CC(=O)OCC(C)C. The van der Waals surface area contributed by atoms with Crippen molar-refractivity contribution in [1.29, 1.82) is 0 Å². The van der Waals surface area contributed by atoms with Crippen molar-refractivity contribution in [2.75, 3.05) is 6.61 Å². The maximum atomic E-state index is 11.8. The van der Waals surface area contributed by atoms with E-state index >= 15 is 0 Å². The predicted octanol–water partition coefficient (Wildman–Crippen LogP) is 2.97. The molecule has 1 saturated carbocycles. The van der Waals surface area contributed by atoms with Crippen LogP contribution in [-0.4, -0.2) is 18.4 Å². The molecule has 1 fully saturated rings. The molecule has 2 atom stereocenters. The molecule has 0 aromatic heterocycles. The quantitative estimate of drug-likeness (QED) is 0.566. The zero-order valence-electron chi connectivity index (χ0n) is 12.2. The van der Waals surface area contributed by atoms with Crippen LogP contribution in [0.25, 0.3) is 0 Å². The second-order valence-corrected chi connectivity index (χ2v) is 5.56. The van der Waals surface area contributed by atoms with Crippen LogP contribution in [0.15, 0.2) is 0 Å². The van der Waals surface area contributed by atoms with E-state index in [2.05, 4.69) is 11.8 Å². The van der Waals surface area contributed by atoms with Crippen molar-refractivity contribution in [1.82, 2.24) is 0 Å². The highest BCUT2D eigenvalue weighted by atomic mass is 16.5. The van der Waals surface area contributed by atoms with Gasteiger partial charge in [-0.1, -0.05) is 20.8 Å². The van der Waals surface area contributed by atoms with Gasteiger partial charge in [0.05, 0.1) is 6.61 Å². The maximum absolute atomic E-state index is 11.8. The summed E-state index contributed by atoms with van der Waals surface area (Å²) < 4.78 is 5.19. The summed E-state index contributed by atoms with van der Waals surface area (Å²) in [5.41, 5.74) is 0. The Morgan fingerprint density at radius 1 is 1.42 bits per heavy atom. The van der Waals surface area contributed by atoms with Crippen LogP contribution in [0, 0.1) is 29.6 Å². The number of hydrogen-bond donors (Lipinski definition) is 0. The second kappa shape index (κ2) is 7.99. The molecule has 1 rings (SSSR count). The first-order chi connectivity index (χ1) is 9.04. The summed E-state index contributed by atoms with van der Waals surface area (Å²) in [7, 11) is 0. The van der Waals surface area contributed by atoms with Crippen LogP contribution in [0.5, 0.6) is 0 Å². The lowest BCUT2D eigenvalue weighted by molar-refractivity contribution is -0.146. The lowest BCUT2D eigenvalue weighted by Gasteiger charge is -2.15. The highest BCUT2D eigenvalue weighted by molar-refractivity contribution is 5.84. The average Bonchev–Trinajstić information content (AvgIpc) is 2.69. The monoisotopic (exact) mass is 264 g/mol. The van der Waals surface area contributed by atoms with E-state index in [1.54, 1.807) is 0 Å². The van der Waals surface area contributed by atoms with Crippen LogP contribution in [0.3, 0.4) is 0 Å². The maximum Gasteiger partial charge on any atom is 0.306 e. The normalized spacial score (nSPS) is 22.2. The number of Topliss-reactive ketones (excluding diaryl/α,β-unsaturated/α-hetero) is 1. The van der Waals surface area contributed by atoms with Crippen LogP contribution in [0.1, 0.15) is 52.9 Å². The van der Waals surface area contributed by atoms with Gasteiger partial charge in [0.25, 0.3) is 0 Å². The van der Waals surface area contributed by atoms with Crippen LogP contribution >= 0.6 is 0 Å². The van der Waals surface area contributed by atoms with Crippen molar-refractivity contribution >= 4 is 11.8 Å². The Labute approximate surface area is 116 Å². The van der Waals surface area contributed by atoms with E-state index in [0.717, 1.165) is 12.8 Å². The molecular formula is C16H24O3. The molecule has 0 aromatic rings. The molecule has 1 aliphatic rings. The van der Waals surface area contributed by atoms with E-state index in [4.69, 9.17) is 4.74 Å². The third-order valence-electron chi connectivity index (χ3n) is 3.37. The topological polar surface area (TPSA) is 43.4 Å². The molecule has 19 heavy (non-hydrogen) atoms. The Bertz CT molecular complexity index is 373. The Kier molecular flexibility index (Phi) is 6.62. The van der Waals surface area contributed by atoms with E-state index in [1.807, 2.05) is 20.8 Å². The number of ether oxygens (including phenoxy) is 1. The van der Waals surface area contributed by atoms with Gasteiger partial charge in [-0.15, -0.1) is 11.8 Å². The number of esters is 1. The molecule has 1 aliphatic carbocycles. The molecule has 0 aromatic carbocycles. The molecule has 3 heteroatoms. The van der Waals surface area contributed by atoms with Gasteiger partial charge in [0.1, 0.15) is 5.78 Å². The second-order valence-electron chi connectivity index (χ2n) is 5.56. The van der Waals surface area contributed by atoms with Gasteiger partial charge in [-0.3, -0.25) is 9.59 Å². The summed E-state index contributed by atoms with van der Waals surface area (Å²) in [6.45, 7) is 6.47. The van der Waals surface area contributed by atoms with Gasteiger partial charge in [0.2, 0.25) is 0 Å². The summed E-state index contributed by atoms with van der Waals surface area (Å²) in [6, 6.07) is 0. The first kappa shape index (κ1) is 15.8. The fraction of sp³-hybridized carbons (Fsp3) is 0.750. The summed E-state index contributed by atoms with van der Waals surface area (Å²) in [6.07, 6.45) is 3.14. The van der Waals surface area contributed by atoms with Crippen molar-refractivity contribution in [2.45, 2.75) is 52.9 Å². The van der Waals surface area contributed by atoms with Gasteiger partial charge in [-0.25, -0.2) is 0 Å². The molecule has 0 bridgehead atoms. The largest absolute Gasteiger partial charge is 0.465 e. The molecule has 0 radical (unpaired) electrons. The number of ketones is 1. The third kappa shape index (κ3) is 5.46. The lowest BCUT2D eigenvalue weighted by atomic mass is 9.90. The first-order valence-corrected chi connectivity index (χ1v) is 7.18.